The van der Waals surface area contributed by atoms with Gasteiger partial charge in [-0.1, -0.05) is 24.3 Å². The molecule has 0 fully saturated rings. The van der Waals surface area contributed by atoms with E-state index in [0.29, 0.717) is 6.54 Å². The van der Waals surface area contributed by atoms with Crippen LogP contribution in [0.5, 0.6) is 11.5 Å². The lowest BCUT2D eigenvalue weighted by Gasteiger charge is -2.26. The van der Waals surface area contributed by atoms with E-state index >= 15 is 0 Å². The van der Waals surface area contributed by atoms with Gasteiger partial charge in [-0.15, -0.1) is 0 Å². The van der Waals surface area contributed by atoms with E-state index in [1.165, 1.54) is 5.57 Å². The number of hydrogen-bond acceptors (Lipinski definition) is 4. The molecule has 0 atom stereocenters. The van der Waals surface area contributed by atoms with Gasteiger partial charge in [-0.3, -0.25) is 9.69 Å². The Balaban J connectivity index is 1.54. The smallest absolute Gasteiger partial charge is 0.238 e. The van der Waals surface area contributed by atoms with Gasteiger partial charge in [-0.05, 0) is 41.8 Å². The highest BCUT2D eigenvalue weighted by Crippen LogP contribution is 2.24. The lowest BCUT2D eigenvalue weighted by Crippen LogP contribution is -2.36. The van der Waals surface area contributed by atoms with Crippen molar-refractivity contribution in [2.45, 2.75) is 6.42 Å². The molecule has 3 rings (SSSR count). The average Bonchev–Trinajstić information content (AvgIpc) is 2.63. The average molecular weight is 338 g/mol. The van der Waals surface area contributed by atoms with Crippen LogP contribution in [0.1, 0.15) is 12.0 Å². The third-order valence-electron chi connectivity index (χ3n) is 4.25. The van der Waals surface area contributed by atoms with Gasteiger partial charge in [0.2, 0.25) is 5.91 Å². The van der Waals surface area contributed by atoms with Crippen molar-refractivity contribution in [2.24, 2.45) is 0 Å². The monoisotopic (exact) mass is 338 g/mol. The molecule has 1 aliphatic heterocycles. The molecule has 0 saturated carbocycles. The minimum Gasteiger partial charge on any atom is -0.508 e. The van der Waals surface area contributed by atoms with E-state index in [2.05, 4.69) is 16.3 Å². The number of amides is 1. The van der Waals surface area contributed by atoms with Gasteiger partial charge in [0.25, 0.3) is 0 Å². The molecule has 0 radical (unpaired) electrons. The van der Waals surface area contributed by atoms with Gasteiger partial charge in [0.1, 0.15) is 11.5 Å². The second-order valence-corrected chi connectivity index (χ2v) is 6.04. The van der Waals surface area contributed by atoms with E-state index in [1.54, 1.807) is 25.3 Å². The number of nitrogens with zero attached hydrogens (tertiary/aromatic N) is 1. The first-order valence-electron chi connectivity index (χ1n) is 8.29. The molecule has 25 heavy (non-hydrogen) atoms. The van der Waals surface area contributed by atoms with Crippen LogP contribution in [-0.2, 0) is 4.79 Å². The normalized spacial score (nSPS) is 14.7. The zero-order valence-corrected chi connectivity index (χ0v) is 14.2. The predicted molar refractivity (Wildman–Crippen MR) is 98.8 cm³/mol. The molecule has 2 N–H and O–H groups in total. The van der Waals surface area contributed by atoms with Crippen LogP contribution in [0.3, 0.4) is 0 Å². The second-order valence-electron chi connectivity index (χ2n) is 6.04. The molecule has 0 bridgehead atoms. The molecule has 0 unspecified atom stereocenters. The zero-order valence-electron chi connectivity index (χ0n) is 14.2. The molecule has 5 nitrogen and oxygen atoms in total. The van der Waals surface area contributed by atoms with Crippen molar-refractivity contribution in [2.75, 3.05) is 32.1 Å². The molecule has 5 heteroatoms. The number of anilines is 1. The molecular formula is C20H22N2O3. The van der Waals surface area contributed by atoms with Crippen LogP contribution in [0.15, 0.2) is 54.6 Å². The van der Waals surface area contributed by atoms with Crippen LogP contribution in [0, 0.1) is 0 Å². The van der Waals surface area contributed by atoms with Crippen LogP contribution < -0.4 is 10.1 Å². The summed E-state index contributed by atoms with van der Waals surface area (Å²) in [5.41, 5.74) is 3.12. The van der Waals surface area contributed by atoms with E-state index < -0.39 is 0 Å². The van der Waals surface area contributed by atoms with Crippen LogP contribution in [-0.4, -0.2) is 42.7 Å². The summed E-state index contributed by atoms with van der Waals surface area (Å²) in [6.45, 7) is 1.93. The fourth-order valence-corrected chi connectivity index (χ4v) is 2.90. The van der Waals surface area contributed by atoms with E-state index in [1.807, 2.05) is 30.3 Å². The van der Waals surface area contributed by atoms with Crippen molar-refractivity contribution in [3.05, 3.63) is 60.2 Å². The Labute approximate surface area is 147 Å². The minimum absolute atomic E-state index is 0.0327. The largest absolute Gasteiger partial charge is 0.508 e. The van der Waals surface area contributed by atoms with Crippen molar-refractivity contribution < 1.29 is 14.6 Å². The van der Waals surface area contributed by atoms with Crippen LogP contribution in [0.4, 0.5) is 5.69 Å². The standard InChI is InChI=1S/C20H22N2O3/c1-25-19-4-2-3-17(13-19)21-20(24)14-22-11-9-16(10-12-22)15-5-7-18(23)8-6-15/h2-9,13,23H,10-12,14H2,1H3,(H,21,24). The molecule has 1 amide bonds. The number of hydrogen-bond donors (Lipinski definition) is 2. The van der Waals surface area contributed by atoms with Crippen molar-refractivity contribution in [3.8, 4) is 11.5 Å². The van der Waals surface area contributed by atoms with Gasteiger partial charge in [0.15, 0.2) is 0 Å². The molecule has 1 heterocycles. The summed E-state index contributed by atoms with van der Waals surface area (Å²) in [7, 11) is 1.60. The Bertz CT molecular complexity index is 769. The number of nitrogens with one attached hydrogen (secondary N) is 1. The molecule has 0 aromatic heterocycles. The highest BCUT2D eigenvalue weighted by Gasteiger charge is 2.16. The fraction of sp³-hybridized carbons (Fsp3) is 0.250. The maximum absolute atomic E-state index is 12.2. The maximum atomic E-state index is 12.2. The third-order valence-corrected chi connectivity index (χ3v) is 4.25. The highest BCUT2D eigenvalue weighted by molar-refractivity contribution is 5.92. The van der Waals surface area contributed by atoms with Gasteiger partial charge in [-0.2, -0.15) is 0 Å². The number of phenolic OH excluding ortho intramolecular Hbond substituents is 1. The second kappa shape index (κ2) is 7.85. The Morgan fingerprint density at radius 3 is 2.72 bits per heavy atom. The molecule has 1 aliphatic rings. The van der Waals surface area contributed by atoms with Crippen LogP contribution >= 0.6 is 0 Å². The third kappa shape index (κ3) is 4.61. The van der Waals surface area contributed by atoms with Gasteiger partial charge in [0.05, 0.1) is 13.7 Å². The maximum Gasteiger partial charge on any atom is 0.238 e. The van der Waals surface area contributed by atoms with Crippen molar-refractivity contribution >= 4 is 17.2 Å². The Morgan fingerprint density at radius 1 is 1.24 bits per heavy atom. The lowest BCUT2D eigenvalue weighted by molar-refractivity contribution is -0.117. The van der Waals surface area contributed by atoms with E-state index in [9.17, 15) is 9.90 Å². The van der Waals surface area contributed by atoms with Crippen LogP contribution in [0.2, 0.25) is 0 Å². The predicted octanol–water partition coefficient (Wildman–Crippen LogP) is 3.13. The van der Waals surface area contributed by atoms with Gasteiger partial charge < -0.3 is 15.2 Å². The Hall–Kier alpha value is -2.79. The first-order chi connectivity index (χ1) is 12.1. The number of carbonyl (C=O) groups excluding carboxylic acids is 1. The Morgan fingerprint density at radius 2 is 2.04 bits per heavy atom. The summed E-state index contributed by atoms with van der Waals surface area (Å²) >= 11 is 0. The summed E-state index contributed by atoms with van der Waals surface area (Å²) in [4.78, 5) is 14.3. The molecule has 2 aromatic carbocycles. The molecule has 0 spiro atoms. The molecule has 2 aromatic rings. The minimum atomic E-state index is -0.0327. The summed E-state index contributed by atoms with van der Waals surface area (Å²) in [5, 5.41) is 12.3. The van der Waals surface area contributed by atoms with Crippen LogP contribution in [0.25, 0.3) is 5.57 Å². The first kappa shape index (κ1) is 17.0. The number of benzene rings is 2. The van der Waals surface area contributed by atoms with Gasteiger partial charge in [-0.25, -0.2) is 0 Å². The number of rotatable bonds is 5. The quantitative estimate of drug-likeness (QED) is 0.879. The Kier molecular flexibility index (Phi) is 5.36. The molecule has 0 aliphatic carbocycles. The topological polar surface area (TPSA) is 61.8 Å². The zero-order chi connectivity index (χ0) is 17.6. The SMILES string of the molecule is COc1cccc(NC(=O)CN2CC=C(c3ccc(O)cc3)CC2)c1. The van der Waals surface area contributed by atoms with Gasteiger partial charge in [0, 0.05) is 24.8 Å². The van der Waals surface area contributed by atoms with E-state index in [-0.39, 0.29) is 11.7 Å². The molecule has 0 saturated heterocycles. The summed E-state index contributed by atoms with van der Waals surface area (Å²) in [6.07, 6.45) is 3.03. The lowest BCUT2D eigenvalue weighted by atomic mass is 9.99. The van der Waals surface area contributed by atoms with E-state index in [4.69, 9.17) is 4.74 Å². The summed E-state index contributed by atoms with van der Waals surface area (Å²) in [6, 6.07) is 14.6. The number of carbonyl (C=O) groups is 1. The fourth-order valence-electron chi connectivity index (χ4n) is 2.90. The number of phenols is 1. The van der Waals surface area contributed by atoms with Gasteiger partial charge >= 0.3 is 0 Å². The van der Waals surface area contributed by atoms with Crippen molar-refractivity contribution in [1.29, 1.82) is 0 Å². The number of ether oxygens (including phenoxy) is 1. The van der Waals surface area contributed by atoms with Crippen molar-refractivity contribution in [3.63, 3.8) is 0 Å². The number of aromatic hydroxyl groups is 1. The van der Waals surface area contributed by atoms with E-state index in [0.717, 1.165) is 36.5 Å². The first-order valence-corrected chi connectivity index (χ1v) is 8.29. The summed E-state index contributed by atoms with van der Waals surface area (Å²) in [5.74, 6) is 0.961. The number of methoxy groups -OCH3 is 1. The molecular weight excluding hydrogens is 316 g/mol. The summed E-state index contributed by atoms with van der Waals surface area (Å²) < 4.78 is 5.16. The highest BCUT2D eigenvalue weighted by atomic mass is 16.5. The van der Waals surface area contributed by atoms with Crippen molar-refractivity contribution in [1.82, 2.24) is 4.90 Å². The molecule has 130 valence electrons.